The number of aliphatic hydroxyl groups excluding tert-OH is 1. The van der Waals surface area contributed by atoms with Crippen LogP contribution in [0.2, 0.25) is 0 Å². The molecule has 0 bridgehead atoms. The molecule has 134 valence electrons. The van der Waals surface area contributed by atoms with E-state index in [0.29, 0.717) is 31.6 Å². The molecule has 1 aliphatic rings. The summed E-state index contributed by atoms with van der Waals surface area (Å²) in [6, 6.07) is 5.83. The van der Waals surface area contributed by atoms with Crippen LogP contribution in [0.4, 0.5) is 20.5 Å². The van der Waals surface area contributed by atoms with Crippen LogP contribution in [0.1, 0.15) is 12.0 Å². The Morgan fingerprint density at radius 3 is 2.76 bits per heavy atom. The van der Waals surface area contributed by atoms with Gasteiger partial charge in [-0.1, -0.05) is 6.07 Å². The zero-order chi connectivity index (χ0) is 17.8. The minimum absolute atomic E-state index is 0.0543. The van der Waals surface area contributed by atoms with Crippen molar-refractivity contribution < 1.29 is 13.9 Å². The fourth-order valence-electron chi connectivity index (χ4n) is 3.14. The molecule has 6 nitrogen and oxygen atoms in total. The highest BCUT2D eigenvalue weighted by Gasteiger charge is 2.27. The lowest BCUT2D eigenvalue weighted by atomic mass is 10.1. The molecule has 1 aliphatic heterocycles. The van der Waals surface area contributed by atoms with Gasteiger partial charge in [0.05, 0.1) is 0 Å². The molecule has 2 heterocycles. The van der Waals surface area contributed by atoms with Crippen LogP contribution in [0.25, 0.3) is 0 Å². The van der Waals surface area contributed by atoms with Crippen molar-refractivity contribution in [1.82, 2.24) is 14.9 Å². The topological polar surface area (TPSA) is 78.5 Å². The minimum atomic E-state index is -0.846. The van der Waals surface area contributed by atoms with Crippen molar-refractivity contribution in [2.45, 2.75) is 19.0 Å². The van der Waals surface area contributed by atoms with Gasteiger partial charge in [0.2, 0.25) is 5.95 Å². The number of rotatable bonds is 5. The second kappa shape index (κ2) is 7.71. The van der Waals surface area contributed by atoms with Gasteiger partial charge in [-0.05, 0) is 30.2 Å². The summed E-state index contributed by atoms with van der Waals surface area (Å²) < 4.78 is 26.5. The first-order valence-electron chi connectivity index (χ1n) is 8.19. The Morgan fingerprint density at radius 1 is 1.20 bits per heavy atom. The Balaban J connectivity index is 1.72. The van der Waals surface area contributed by atoms with Crippen LogP contribution >= 0.6 is 0 Å². The van der Waals surface area contributed by atoms with Crippen LogP contribution < -0.4 is 10.6 Å². The normalized spacial score (nSPS) is 18.5. The Morgan fingerprint density at radius 2 is 2.04 bits per heavy atom. The third-order valence-electron chi connectivity index (χ3n) is 4.42. The Bertz CT molecular complexity index is 730. The Hall–Kier alpha value is -2.32. The summed E-state index contributed by atoms with van der Waals surface area (Å²) in [6.45, 7) is 2.66. The average molecular weight is 349 g/mol. The first-order valence-corrected chi connectivity index (χ1v) is 8.19. The zero-order valence-electron chi connectivity index (χ0n) is 13.8. The molecular weight excluding hydrogens is 328 g/mol. The molecule has 3 N–H and O–H groups in total. The van der Waals surface area contributed by atoms with Crippen LogP contribution in [0.5, 0.6) is 0 Å². The van der Waals surface area contributed by atoms with E-state index in [-0.39, 0.29) is 18.6 Å². The van der Waals surface area contributed by atoms with Gasteiger partial charge in [0.25, 0.3) is 0 Å². The number of halogens is 2. The molecule has 1 fully saturated rings. The maximum atomic E-state index is 13.4. The predicted octanol–water partition coefficient (Wildman–Crippen LogP) is 1.41. The summed E-state index contributed by atoms with van der Waals surface area (Å²) in [4.78, 5) is 12.4. The molecule has 1 saturated heterocycles. The average Bonchev–Trinajstić information content (AvgIpc) is 2.60. The monoisotopic (exact) mass is 349 g/mol. The van der Waals surface area contributed by atoms with Gasteiger partial charge < -0.3 is 15.7 Å². The third kappa shape index (κ3) is 4.21. The lowest BCUT2D eigenvalue weighted by Crippen LogP contribution is -2.53. The highest BCUT2D eigenvalue weighted by atomic mass is 19.2. The highest BCUT2D eigenvalue weighted by Crippen LogP contribution is 2.21. The van der Waals surface area contributed by atoms with Gasteiger partial charge in [-0.25, -0.2) is 13.8 Å². The standard InChI is InChI=1S/C17H21F2N5O/c18-14-2-1-12(9-15(14)19)10-23-6-7-24(11-13(23)4-8-25)16-3-5-21-17(20)22-16/h1-3,5,9,13,25H,4,6-8,10-11H2,(H2,20,21,22)/t13-/m0/s1. The summed E-state index contributed by atoms with van der Waals surface area (Å²) >= 11 is 0. The quantitative estimate of drug-likeness (QED) is 0.850. The molecule has 0 amide bonds. The number of anilines is 2. The van der Waals surface area contributed by atoms with Crippen molar-refractivity contribution >= 4 is 11.8 Å². The number of piperazine rings is 1. The predicted molar refractivity (Wildman–Crippen MR) is 90.9 cm³/mol. The van der Waals surface area contributed by atoms with Crippen LogP contribution in [0.3, 0.4) is 0 Å². The fourth-order valence-corrected chi connectivity index (χ4v) is 3.14. The molecule has 25 heavy (non-hydrogen) atoms. The summed E-state index contributed by atoms with van der Waals surface area (Å²) in [5, 5.41) is 9.38. The van der Waals surface area contributed by atoms with Crippen LogP contribution in [0.15, 0.2) is 30.5 Å². The van der Waals surface area contributed by atoms with Gasteiger partial charge in [-0.2, -0.15) is 4.98 Å². The number of nitrogens with zero attached hydrogens (tertiary/aromatic N) is 4. The van der Waals surface area contributed by atoms with Crippen molar-refractivity contribution in [2.24, 2.45) is 0 Å². The van der Waals surface area contributed by atoms with Gasteiger partial charge in [-0.15, -0.1) is 0 Å². The summed E-state index contributed by atoms with van der Waals surface area (Å²) in [5.74, 6) is -0.712. The van der Waals surface area contributed by atoms with E-state index < -0.39 is 11.6 Å². The molecule has 0 radical (unpaired) electrons. The molecule has 1 aromatic heterocycles. The highest BCUT2D eigenvalue weighted by molar-refractivity contribution is 5.41. The molecule has 0 spiro atoms. The summed E-state index contributed by atoms with van der Waals surface area (Å²) in [7, 11) is 0. The number of benzene rings is 1. The van der Waals surface area contributed by atoms with E-state index in [2.05, 4.69) is 19.8 Å². The number of aliphatic hydroxyl groups is 1. The molecule has 1 atom stereocenters. The smallest absolute Gasteiger partial charge is 0.221 e. The van der Waals surface area contributed by atoms with Crippen molar-refractivity contribution in [3.05, 3.63) is 47.7 Å². The van der Waals surface area contributed by atoms with E-state index >= 15 is 0 Å². The maximum Gasteiger partial charge on any atom is 0.221 e. The van der Waals surface area contributed by atoms with E-state index in [0.717, 1.165) is 18.4 Å². The Kier molecular flexibility index (Phi) is 5.40. The van der Waals surface area contributed by atoms with Gasteiger partial charge >= 0.3 is 0 Å². The largest absolute Gasteiger partial charge is 0.396 e. The molecule has 0 unspecified atom stereocenters. The van der Waals surface area contributed by atoms with Crippen molar-refractivity contribution in [2.75, 3.05) is 36.9 Å². The van der Waals surface area contributed by atoms with Gasteiger partial charge in [-0.3, -0.25) is 4.90 Å². The van der Waals surface area contributed by atoms with Crippen LogP contribution in [-0.2, 0) is 6.54 Å². The number of aromatic nitrogens is 2. The number of nitrogen functional groups attached to an aromatic ring is 1. The number of hydrogen-bond donors (Lipinski definition) is 2. The zero-order valence-corrected chi connectivity index (χ0v) is 13.8. The van der Waals surface area contributed by atoms with Crippen LogP contribution in [-0.4, -0.2) is 52.3 Å². The molecule has 1 aromatic carbocycles. The minimum Gasteiger partial charge on any atom is -0.396 e. The molecule has 0 aliphatic carbocycles. The van der Waals surface area contributed by atoms with Crippen molar-refractivity contribution in [1.29, 1.82) is 0 Å². The van der Waals surface area contributed by atoms with E-state index in [9.17, 15) is 13.9 Å². The molecule has 2 aromatic rings. The van der Waals surface area contributed by atoms with Gasteiger partial charge in [0.15, 0.2) is 11.6 Å². The second-order valence-corrected chi connectivity index (χ2v) is 6.10. The number of hydrogen-bond acceptors (Lipinski definition) is 6. The first-order chi connectivity index (χ1) is 12.1. The SMILES string of the molecule is Nc1nccc(N2CCN(Cc3ccc(F)c(F)c3)[C@@H](CCO)C2)n1. The van der Waals surface area contributed by atoms with Gasteiger partial charge in [0, 0.05) is 45.0 Å². The lowest BCUT2D eigenvalue weighted by molar-refractivity contribution is 0.135. The molecule has 3 rings (SSSR count). The Labute approximate surface area is 144 Å². The first kappa shape index (κ1) is 17.5. The van der Waals surface area contributed by atoms with E-state index in [1.165, 1.54) is 6.07 Å². The van der Waals surface area contributed by atoms with E-state index in [1.807, 2.05) is 0 Å². The lowest BCUT2D eigenvalue weighted by Gasteiger charge is -2.42. The maximum absolute atomic E-state index is 13.4. The van der Waals surface area contributed by atoms with Crippen LogP contribution in [0, 0.1) is 11.6 Å². The van der Waals surface area contributed by atoms with E-state index in [1.54, 1.807) is 18.3 Å². The fraction of sp³-hybridized carbons (Fsp3) is 0.412. The number of nitrogens with two attached hydrogens (primary N) is 1. The molecule has 8 heteroatoms. The van der Waals surface area contributed by atoms with Crippen molar-refractivity contribution in [3.8, 4) is 0 Å². The third-order valence-corrected chi connectivity index (χ3v) is 4.42. The summed E-state index contributed by atoms with van der Waals surface area (Å²) in [5.41, 5.74) is 6.36. The van der Waals surface area contributed by atoms with E-state index in [4.69, 9.17) is 5.73 Å². The van der Waals surface area contributed by atoms with Crippen molar-refractivity contribution in [3.63, 3.8) is 0 Å². The van der Waals surface area contributed by atoms with Gasteiger partial charge in [0.1, 0.15) is 5.82 Å². The second-order valence-electron chi connectivity index (χ2n) is 6.10. The molecular formula is C17H21F2N5O. The molecule has 0 saturated carbocycles. The summed E-state index contributed by atoms with van der Waals surface area (Å²) in [6.07, 6.45) is 2.20.